The third-order valence-corrected chi connectivity index (χ3v) is 3.51. The van der Waals surface area contributed by atoms with Crippen LogP contribution in [0.15, 0.2) is 4.52 Å². The highest BCUT2D eigenvalue weighted by Gasteiger charge is 2.35. The fraction of sp³-hybridized carbons (Fsp3) is 0.857. The van der Waals surface area contributed by atoms with Crippen molar-refractivity contribution in [2.45, 2.75) is 44.8 Å². The van der Waals surface area contributed by atoms with Gasteiger partial charge in [-0.2, -0.15) is 4.98 Å². The van der Waals surface area contributed by atoms with Crippen molar-refractivity contribution < 1.29 is 14.0 Å². The van der Waals surface area contributed by atoms with E-state index in [2.05, 4.69) is 22.4 Å². The molecule has 2 rings (SSSR count). The van der Waals surface area contributed by atoms with Gasteiger partial charge in [-0.1, -0.05) is 12.1 Å². The fourth-order valence-corrected chi connectivity index (χ4v) is 2.32. The van der Waals surface area contributed by atoms with Crippen LogP contribution in [0.4, 0.5) is 0 Å². The topological polar surface area (TPSA) is 69.4 Å². The van der Waals surface area contributed by atoms with E-state index in [0.29, 0.717) is 30.7 Å². The Kier molecular flexibility index (Phi) is 5.94. The number of hydrogen-bond acceptors (Lipinski definition) is 6. The molecule has 1 aliphatic carbocycles. The van der Waals surface area contributed by atoms with E-state index in [1.54, 1.807) is 14.2 Å². The molecule has 1 heterocycles. The molecule has 0 saturated heterocycles. The summed E-state index contributed by atoms with van der Waals surface area (Å²) in [5.41, 5.74) is 0. The smallest absolute Gasteiger partial charge is 0.228 e. The van der Waals surface area contributed by atoms with E-state index in [-0.39, 0.29) is 12.1 Å². The first kappa shape index (κ1) is 15.4. The number of ether oxygens (including phenoxy) is 2. The van der Waals surface area contributed by atoms with E-state index in [1.165, 1.54) is 12.8 Å². The molecule has 1 N–H and O–H groups in total. The Morgan fingerprint density at radius 3 is 2.80 bits per heavy atom. The minimum Gasteiger partial charge on any atom is -0.383 e. The molecule has 0 radical (unpaired) electrons. The van der Waals surface area contributed by atoms with Crippen molar-refractivity contribution >= 4 is 0 Å². The van der Waals surface area contributed by atoms with E-state index in [4.69, 9.17) is 14.0 Å². The molecule has 0 amide bonds. The predicted octanol–water partition coefficient (Wildman–Crippen LogP) is 1.72. The summed E-state index contributed by atoms with van der Waals surface area (Å²) in [6.07, 6.45) is 4.13. The minimum absolute atomic E-state index is 0.0167. The summed E-state index contributed by atoms with van der Waals surface area (Å²) in [6.45, 7) is 3.73. The predicted molar refractivity (Wildman–Crippen MR) is 74.4 cm³/mol. The second-order valence-corrected chi connectivity index (χ2v) is 5.35. The summed E-state index contributed by atoms with van der Waals surface area (Å²) in [6, 6.07) is 0.204. The fourth-order valence-electron chi connectivity index (χ4n) is 2.32. The van der Waals surface area contributed by atoms with Crippen LogP contribution in [-0.2, 0) is 15.9 Å². The molecule has 0 bridgehead atoms. The van der Waals surface area contributed by atoms with Crippen LogP contribution >= 0.6 is 0 Å². The van der Waals surface area contributed by atoms with Gasteiger partial charge in [-0.15, -0.1) is 0 Å². The molecule has 0 spiro atoms. The molecular weight excluding hydrogens is 258 g/mol. The normalized spacial score (nSPS) is 18.1. The third-order valence-electron chi connectivity index (χ3n) is 3.51. The van der Waals surface area contributed by atoms with Crippen molar-refractivity contribution in [3.8, 4) is 0 Å². The highest BCUT2D eigenvalue weighted by molar-refractivity contribution is 4.99. The Hall–Kier alpha value is -0.980. The molecule has 2 unspecified atom stereocenters. The standard InChI is InChI=1S/C14H25N3O3/c1-4-7-15-11(9-18-2)8-12-16-14(17-20-12)13(19-3)10-5-6-10/h10-11,13,15H,4-9H2,1-3H3. The highest BCUT2D eigenvalue weighted by atomic mass is 16.5. The van der Waals surface area contributed by atoms with Gasteiger partial charge < -0.3 is 19.3 Å². The molecule has 1 fully saturated rings. The molecule has 20 heavy (non-hydrogen) atoms. The van der Waals surface area contributed by atoms with E-state index < -0.39 is 0 Å². The average Bonchev–Trinajstić information content (AvgIpc) is 3.17. The summed E-state index contributed by atoms with van der Waals surface area (Å²) in [4.78, 5) is 4.47. The molecule has 1 aromatic heterocycles. The minimum atomic E-state index is -0.0167. The highest BCUT2D eigenvalue weighted by Crippen LogP contribution is 2.41. The second-order valence-electron chi connectivity index (χ2n) is 5.35. The lowest BCUT2D eigenvalue weighted by Crippen LogP contribution is -2.35. The Labute approximate surface area is 120 Å². The summed E-state index contributed by atoms with van der Waals surface area (Å²) in [5, 5.41) is 7.48. The average molecular weight is 283 g/mol. The maximum Gasteiger partial charge on any atom is 0.228 e. The second kappa shape index (κ2) is 7.71. The first-order valence-corrected chi connectivity index (χ1v) is 7.36. The van der Waals surface area contributed by atoms with Gasteiger partial charge in [0.25, 0.3) is 0 Å². The molecule has 2 atom stereocenters. The maximum absolute atomic E-state index is 5.47. The number of aromatic nitrogens is 2. The van der Waals surface area contributed by atoms with Crippen LogP contribution < -0.4 is 5.32 Å². The zero-order valence-corrected chi connectivity index (χ0v) is 12.6. The van der Waals surface area contributed by atoms with E-state index in [9.17, 15) is 0 Å². The number of rotatable bonds is 10. The van der Waals surface area contributed by atoms with Crippen molar-refractivity contribution in [1.82, 2.24) is 15.5 Å². The monoisotopic (exact) mass is 283 g/mol. The van der Waals surface area contributed by atoms with Gasteiger partial charge in [0.2, 0.25) is 11.7 Å². The van der Waals surface area contributed by atoms with Crippen molar-refractivity contribution in [1.29, 1.82) is 0 Å². The molecule has 1 aliphatic rings. The van der Waals surface area contributed by atoms with Crippen molar-refractivity contribution in [3.63, 3.8) is 0 Å². The lowest BCUT2D eigenvalue weighted by Gasteiger charge is -2.15. The van der Waals surface area contributed by atoms with E-state index >= 15 is 0 Å². The van der Waals surface area contributed by atoms with Gasteiger partial charge in [-0.05, 0) is 31.7 Å². The zero-order valence-electron chi connectivity index (χ0n) is 12.6. The summed E-state index contributed by atoms with van der Waals surface area (Å²) in [7, 11) is 3.41. The van der Waals surface area contributed by atoms with Gasteiger partial charge in [0.15, 0.2) is 0 Å². The molecule has 6 nitrogen and oxygen atoms in total. The van der Waals surface area contributed by atoms with Gasteiger partial charge in [-0.25, -0.2) is 0 Å². The molecule has 1 saturated carbocycles. The van der Waals surface area contributed by atoms with Gasteiger partial charge in [0, 0.05) is 26.7 Å². The molecule has 0 aromatic carbocycles. The Balaban J connectivity index is 1.92. The van der Waals surface area contributed by atoms with Crippen molar-refractivity contribution in [2.24, 2.45) is 5.92 Å². The quantitative estimate of drug-likeness (QED) is 0.705. The SMILES string of the molecule is CCCNC(COC)Cc1nc(C(OC)C2CC2)no1. The molecule has 114 valence electrons. The molecule has 0 aliphatic heterocycles. The van der Waals surface area contributed by atoms with Crippen LogP contribution in [0.1, 0.15) is 44.0 Å². The van der Waals surface area contributed by atoms with Gasteiger partial charge in [-0.3, -0.25) is 0 Å². The Bertz CT molecular complexity index is 393. The first-order valence-electron chi connectivity index (χ1n) is 7.36. The maximum atomic E-state index is 5.47. The van der Waals surface area contributed by atoms with E-state index in [0.717, 1.165) is 13.0 Å². The van der Waals surface area contributed by atoms with Crippen LogP contribution in [0.5, 0.6) is 0 Å². The van der Waals surface area contributed by atoms with Crippen LogP contribution in [0, 0.1) is 5.92 Å². The van der Waals surface area contributed by atoms with Gasteiger partial charge in [0.1, 0.15) is 6.10 Å². The first-order chi connectivity index (χ1) is 9.78. The Morgan fingerprint density at radius 1 is 1.40 bits per heavy atom. The number of methoxy groups -OCH3 is 2. The number of nitrogens with zero attached hydrogens (tertiary/aromatic N) is 2. The van der Waals surface area contributed by atoms with Crippen LogP contribution in [0.25, 0.3) is 0 Å². The van der Waals surface area contributed by atoms with E-state index in [1.807, 2.05) is 0 Å². The summed E-state index contributed by atoms with van der Waals surface area (Å²) >= 11 is 0. The van der Waals surface area contributed by atoms with Gasteiger partial charge in [0.05, 0.1) is 6.61 Å². The summed E-state index contributed by atoms with van der Waals surface area (Å²) in [5.74, 6) is 1.88. The number of hydrogen-bond donors (Lipinski definition) is 1. The molecular formula is C14H25N3O3. The van der Waals surface area contributed by atoms with Gasteiger partial charge >= 0.3 is 0 Å². The summed E-state index contributed by atoms with van der Waals surface area (Å²) < 4.78 is 16.0. The lowest BCUT2D eigenvalue weighted by atomic mass is 10.2. The van der Waals surface area contributed by atoms with Crippen LogP contribution in [-0.4, -0.2) is 43.6 Å². The number of nitrogens with one attached hydrogen (secondary N) is 1. The lowest BCUT2D eigenvalue weighted by molar-refractivity contribution is 0.0751. The largest absolute Gasteiger partial charge is 0.383 e. The third kappa shape index (κ3) is 4.26. The van der Waals surface area contributed by atoms with Crippen LogP contribution in [0.2, 0.25) is 0 Å². The van der Waals surface area contributed by atoms with Crippen molar-refractivity contribution in [2.75, 3.05) is 27.4 Å². The van der Waals surface area contributed by atoms with Crippen molar-refractivity contribution in [3.05, 3.63) is 11.7 Å². The Morgan fingerprint density at radius 2 is 2.20 bits per heavy atom. The molecule has 1 aromatic rings. The molecule has 6 heteroatoms. The van der Waals surface area contributed by atoms with Crippen LogP contribution in [0.3, 0.4) is 0 Å². The zero-order chi connectivity index (χ0) is 14.4.